The molecule has 0 saturated carbocycles. The van der Waals surface area contributed by atoms with Gasteiger partial charge >= 0.3 is 0 Å². The number of hydrogen-bond donors (Lipinski definition) is 2. The zero-order valence-electron chi connectivity index (χ0n) is 16.1. The Balaban J connectivity index is 1.31. The molecule has 0 bridgehead atoms. The third-order valence-electron chi connectivity index (χ3n) is 4.17. The van der Waals surface area contributed by atoms with E-state index in [0.29, 0.717) is 17.4 Å². The first-order valence-electron chi connectivity index (χ1n) is 9.20. The standard InChI is InChI=1S/C20H17N5O4S2/c26-17(10-11-18-23-19(24-29-18)14-4-2-1-3-5-14)22-15-6-8-16(9-7-15)31(27,28)25-20-21-12-13-30-20/h1-9,12-13H,10-11H2,(H,21,25)(H,22,26). The number of carbonyl (C=O) groups excluding carboxylic acids is 1. The molecule has 31 heavy (non-hydrogen) atoms. The van der Waals surface area contributed by atoms with Gasteiger partial charge in [0.1, 0.15) is 0 Å². The van der Waals surface area contributed by atoms with Gasteiger partial charge in [0.15, 0.2) is 5.13 Å². The first-order chi connectivity index (χ1) is 15.0. The number of nitrogens with zero attached hydrogens (tertiary/aromatic N) is 3. The lowest BCUT2D eigenvalue weighted by atomic mass is 10.2. The highest BCUT2D eigenvalue weighted by Gasteiger charge is 2.16. The molecule has 0 fully saturated rings. The van der Waals surface area contributed by atoms with E-state index in [1.54, 1.807) is 5.38 Å². The molecule has 0 unspecified atom stereocenters. The molecule has 1 amide bonds. The van der Waals surface area contributed by atoms with Gasteiger partial charge in [-0.2, -0.15) is 4.98 Å². The van der Waals surface area contributed by atoms with E-state index in [4.69, 9.17) is 4.52 Å². The Bertz CT molecular complexity index is 1250. The molecule has 0 saturated heterocycles. The van der Waals surface area contributed by atoms with E-state index in [2.05, 4.69) is 25.2 Å². The number of sulfonamides is 1. The summed E-state index contributed by atoms with van der Waals surface area (Å²) >= 11 is 1.18. The Morgan fingerprint density at radius 3 is 2.55 bits per heavy atom. The smallest absolute Gasteiger partial charge is 0.263 e. The highest BCUT2D eigenvalue weighted by Crippen LogP contribution is 2.20. The number of benzene rings is 2. The van der Waals surface area contributed by atoms with Crippen molar-refractivity contribution in [1.82, 2.24) is 15.1 Å². The summed E-state index contributed by atoms with van der Waals surface area (Å²) in [7, 11) is -3.74. The highest BCUT2D eigenvalue weighted by molar-refractivity contribution is 7.93. The van der Waals surface area contributed by atoms with Crippen LogP contribution in [0.25, 0.3) is 11.4 Å². The highest BCUT2D eigenvalue weighted by atomic mass is 32.2. The number of carbonyl (C=O) groups is 1. The van der Waals surface area contributed by atoms with Crippen LogP contribution in [-0.4, -0.2) is 29.4 Å². The largest absolute Gasteiger partial charge is 0.339 e. The molecule has 158 valence electrons. The van der Waals surface area contributed by atoms with Gasteiger partial charge in [0, 0.05) is 35.7 Å². The number of thiazole rings is 1. The van der Waals surface area contributed by atoms with Gasteiger partial charge in [0.25, 0.3) is 10.0 Å². The minimum Gasteiger partial charge on any atom is -0.339 e. The lowest BCUT2D eigenvalue weighted by Crippen LogP contribution is -2.14. The van der Waals surface area contributed by atoms with Crippen molar-refractivity contribution >= 4 is 38.1 Å². The average molecular weight is 456 g/mol. The number of aryl methyl sites for hydroxylation is 1. The van der Waals surface area contributed by atoms with Crippen molar-refractivity contribution in [3.8, 4) is 11.4 Å². The number of hydrogen-bond acceptors (Lipinski definition) is 8. The number of nitrogens with one attached hydrogen (secondary N) is 2. The van der Waals surface area contributed by atoms with Crippen molar-refractivity contribution in [3.63, 3.8) is 0 Å². The van der Waals surface area contributed by atoms with Gasteiger partial charge in [-0.15, -0.1) is 11.3 Å². The molecule has 4 rings (SSSR count). The minimum absolute atomic E-state index is 0.0694. The van der Waals surface area contributed by atoms with Crippen molar-refractivity contribution in [3.05, 3.63) is 72.1 Å². The van der Waals surface area contributed by atoms with E-state index >= 15 is 0 Å². The van der Waals surface area contributed by atoms with Crippen LogP contribution in [0, 0.1) is 0 Å². The summed E-state index contributed by atoms with van der Waals surface area (Å²) in [6.45, 7) is 0. The molecule has 0 radical (unpaired) electrons. The second-order valence-corrected chi connectivity index (χ2v) is 8.97. The molecule has 0 atom stereocenters. The summed E-state index contributed by atoms with van der Waals surface area (Å²) < 4.78 is 32.3. The normalized spacial score (nSPS) is 11.2. The predicted octanol–water partition coefficient (Wildman–Crippen LogP) is 3.57. The third kappa shape index (κ3) is 5.32. The number of aromatic nitrogens is 3. The maximum atomic E-state index is 12.3. The van der Waals surface area contributed by atoms with Gasteiger partial charge in [-0.05, 0) is 24.3 Å². The van der Waals surface area contributed by atoms with Gasteiger partial charge < -0.3 is 9.84 Å². The molecule has 2 aromatic heterocycles. The molecule has 0 aliphatic rings. The monoisotopic (exact) mass is 455 g/mol. The fourth-order valence-electron chi connectivity index (χ4n) is 2.67. The first-order valence-corrected chi connectivity index (χ1v) is 11.6. The van der Waals surface area contributed by atoms with Gasteiger partial charge in [-0.25, -0.2) is 13.4 Å². The zero-order chi connectivity index (χ0) is 21.7. The molecule has 9 nitrogen and oxygen atoms in total. The van der Waals surface area contributed by atoms with Crippen LogP contribution < -0.4 is 10.0 Å². The van der Waals surface area contributed by atoms with Crippen molar-refractivity contribution < 1.29 is 17.7 Å². The van der Waals surface area contributed by atoms with E-state index in [0.717, 1.165) is 5.56 Å². The molecule has 0 aliphatic heterocycles. The SMILES string of the molecule is O=C(CCc1nc(-c2ccccc2)no1)Nc1ccc(S(=O)(=O)Nc2nccs2)cc1. The van der Waals surface area contributed by atoms with Crippen LogP contribution in [0.4, 0.5) is 10.8 Å². The van der Waals surface area contributed by atoms with Crippen LogP contribution in [0.2, 0.25) is 0 Å². The number of rotatable bonds is 8. The fourth-order valence-corrected chi connectivity index (χ4v) is 4.46. The molecule has 0 spiro atoms. The molecular weight excluding hydrogens is 438 g/mol. The Labute approximate surface area is 182 Å². The van der Waals surface area contributed by atoms with Crippen LogP contribution in [0.15, 0.2) is 75.6 Å². The summed E-state index contributed by atoms with van der Waals surface area (Å²) in [6.07, 6.45) is 1.94. The summed E-state index contributed by atoms with van der Waals surface area (Å²) in [5.41, 5.74) is 1.31. The minimum atomic E-state index is -3.74. The molecule has 11 heteroatoms. The van der Waals surface area contributed by atoms with E-state index < -0.39 is 10.0 Å². The second kappa shape index (κ2) is 9.06. The van der Waals surface area contributed by atoms with E-state index in [1.807, 2.05) is 30.3 Å². The van der Waals surface area contributed by atoms with Crippen LogP contribution in [0.1, 0.15) is 12.3 Å². The summed E-state index contributed by atoms with van der Waals surface area (Å²) in [5.74, 6) is 0.582. The van der Waals surface area contributed by atoms with Crippen molar-refractivity contribution in [2.24, 2.45) is 0 Å². The van der Waals surface area contributed by atoms with Crippen LogP contribution in [-0.2, 0) is 21.2 Å². The van der Waals surface area contributed by atoms with Gasteiger partial charge in [-0.3, -0.25) is 9.52 Å². The molecule has 2 N–H and O–H groups in total. The summed E-state index contributed by atoms with van der Waals surface area (Å²) in [5, 5.41) is 8.60. The second-order valence-electron chi connectivity index (χ2n) is 6.39. The van der Waals surface area contributed by atoms with Crippen molar-refractivity contribution in [1.29, 1.82) is 0 Å². The number of anilines is 2. The van der Waals surface area contributed by atoms with E-state index in [-0.39, 0.29) is 28.8 Å². The maximum Gasteiger partial charge on any atom is 0.263 e. The first kappa shape index (κ1) is 20.7. The van der Waals surface area contributed by atoms with E-state index in [9.17, 15) is 13.2 Å². The third-order valence-corrected chi connectivity index (χ3v) is 6.34. The molecule has 0 aliphatic carbocycles. The Kier molecular flexibility index (Phi) is 6.05. The Hall–Kier alpha value is -3.57. The quantitative estimate of drug-likeness (QED) is 0.416. The van der Waals surface area contributed by atoms with Crippen LogP contribution in [0.3, 0.4) is 0 Å². The lowest BCUT2D eigenvalue weighted by molar-refractivity contribution is -0.116. The van der Waals surface area contributed by atoms with Crippen LogP contribution >= 0.6 is 11.3 Å². The fraction of sp³-hybridized carbons (Fsp3) is 0.100. The van der Waals surface area contributed by atoms with Gasteiger partial charge in [0.05, 0.1) is 4.90 Å². The van der Waals surface area contributed by atoms with Crippen molar-refractivity contribution in [2.45, 2.75) is 17.7 Å². The summed E-state index contributed by atoms with van der Waals surface area (Å²) in [4.78, 5) is 20.5. The van der Waals surface area contributed by atoms with Crippen LogP contribution in [0.5, 0.6) is 0 Å². The Morgan fingerprint density at radius 1 is 1.06 bits per heavy atom. The predicted molar refractivity (Wildman–Crippen MR) is 116 cm³/mol. The number of amides is 1. The molecule has 2 heterocycles. The molecular formula is C20H17N5O4S2. The molecule has 4 aromatic rings. The topological polar surface area (TPSA) is 127 Å². The Morgan fingerprint density at radius 2 is 1.84 bits per heavy atom. The zero-order valence-corrected chi connectivity index (χ0v) is 17.7. The van der Waals surface area contributed by atoms with E-state index in [1.165, 1.54) is 41.8 Å². The lowest BCUT2D eigenvalue weighted by Gasteiger charge is -2.07. The maximum absolute atomic E-state index is 12.3. The van der Waals surface area contributed by atoms with Gasteiger partial charge in [-0.1, -0.05) is 35.5 Å². The van der Waals surface area contributed by atoms with Gasteiger partial charge in [0.2, 0.25) is 17.6 Å². The molecule has 2 aromatic carbocycles. The summed E-state index contributed by atoms with van der Waals surface area (Å²) in [6, 6.07) is 15.3. The van der Waals surface area contributed by atoms with Crippen molar-refractivity contribution in [2.75, 3.05) is 10.0 Å². The average Bonchev–Trinajstić information content (AvgIpc) is 3.45.